The summed E-state index contributed by atoms with van der Waals surface area (Å²) in [5.74, 6) is 0.0438. The van der Waals surface area contributed by atoms with Crippen LogP contribution in [-0.4, -0.2) is 53.1 Å². The van der Waals surface area contributed by atoms with Crippen LogP contribution in [0.4, 0.5) is 21.8 Å². The molecule has 0 spiro atoms. The summed E-state index contributed by atoms with van der Waals surface area (Å²) in [4.78, 5) is 22.6. The molecule has 1 amide bonds. The monoisotopic (exact) mass is 452 g/mol. The van der Waals surface area contributed by atoms with Gasteiger partial charge in [-0.25, -0.2) is 9.37 Å². The van der Waals surface area contributed by atoms with Crippen molar-refractivity contribution in [1.82, 2.24) is 14.9 Å². The number of halogens is 1. The number of amides is 1. The molecule has 2 aromatic rings. The van der Waals surface area contributed by atoms with Gasteiger partial charge in [0.15, 0.2) is 11.6 Å². The van der Waals surface area contributed by atoms with Gasteiger partial charge in [0.2, 0.25) is 11.9 Å². The van der Waals surface area contributed by atoms with E-state index in [0.717, 1.165) is 50.0 Å². The van der Waals surface area contributed by atoms with Crippen molar-refractivity contribution in [2.75, 3.05) is 30.8 Å². The van der Waals surface area contributed by atoms with Crippen LogP contribution in [0.25, 0.3) is 0 Å². The van der Waals surface area contributed by atoms with E-state index in [1.165, 1.54) is 0 Å². The zero-order valence-electron chi connectivity index (χ0n) is 18.6. The summed E-state index contributed by atoms with van der Waals surface area (Å²) in [7, 11) is 2.11. The smallest absolute Gasteiger partial charge is 0.229 e. The maximum absolute atomic E-state index is 14.5. The fourth-order valence-corrected chi connectivity index (χ4v) is 5.25. The van der Waals surface area contributed by atoms with Crippen molar-refractivity contribution in [1.29, 1.82) is 0 Å². The number of ether oxygens (including phenoxy) is 1. The number of carbonyl (C=O) groups excluding carboxylic acids is 1. The minimum Gasteiger partial charge on any atom is -0.489 e. The molecule has 2 aliphatic carbocycles. The van der Waals surface area contributed by atoms with E-state index in [2.05, 4.69) is 38.6 Å². The Labute approximate surface area is 192 Å². The number of hydrogen-bond acceptors (Lipinski definition) is 7. The predicted molar refractivity (Wildman–Crippen MR) is 124 cm³/mol. The minimum atomic E-state index is -0.572. The maximum atomic E-state index is 14.5. The first-order valence-electron chi connectivity index (χ1n) is 11.5. The Morgan fingerprint density at radius 1 is 1.24 bits per heavy atom. The summed E-state index contributed by atoms with van der Waals surface area (Å²) in [5.41, 5.74) is 6.37. The van der Waals surface area contributed by atoms with E-state index in [4.69, 9.17) is 10.5 Å². The van der Waals surface area contributed by atoms with Gasteiger partial charge in [0.1, 0.15) is 11.9 Å². The van der Waals surface area contributed by atoms with E-state index in [1.54, 1.807) is 0 Å². The number of primary amides is 1. The normalized spacial score (nSPS) is 28.6. The zero-order chi connectivity index (χ0) is 22.9. The van der Waals surface area contributed by atoms with E-state index in [0.29, 0.717) is 0 Å². The lowest BCUT2D eigenvalue weighted by Crippen LogP contribution is -2.41. The first kappa shape index (κ1) is 21.6. The number of likely N-dealkylation sites (N-methyl/N-ethyl adjacent to an activating group) is 1. The fraction of sp³-hybridized carbons (Fsp3) is 0.458. The van der Waals surface area contributed by atoms with Crippen LogP contribution in [0, 0.1) is 23.6 Å². The molecule has 1 saturated carbocycles. The fourth-order valence-electron chi connectivity index (χ4n) is 5.25. The second kappa shape index (κ2) is 8.97. The second-order valence-electron chi connectivity index (χ2n) is 9.23. The third-order valence-electron chi connectivity index (χ3n) is 6.83. The molecule has 2 bridgehead atoms. The highest BCUT2D eigenvalue weighted by Gasteiger charge is 2.47. The van der Waals surface area contributed by atoms with Crippen LogP contribution in [0.5, 0.6) is 5.75 Å². The van der Waals surface area contributed by atoms with Crippen molar-refractivity contribution in [3.63, 3.8) is 0 Å². The van der Waals surface area contributed by atoms with Gasteiger partial charge in [-0.05, 0) is 69.0 Å². The Hall–Kier alpha value is -3.20. The van der Waals surface area contributed by atoms with Crippen molar-refractivity contribution in [2.24, 2.45) is 23.5 Å². The number of hydrogen-bond donors (Lipinski definition) is 3. The number of rotatable bonds is 7. The molecule has 5 rings (SSSR count). The van der Waals surface area contributed by atoms with Crippen molar-refractivity contribution in [3.05, 3.63) is 48.4 Å². The summed E-state index contributed by atoms with van der Waals surface area (Å²) in [6.45, 7) is 2.04. The highest BCUT2D eigenvalue weighted by Crippen LogP contribution is 2.44. The number of nitrogens with one attached hydrogen (secondary N) is 2. The first-order valence-corrected chi connectivity index (χ1v) is 11.5. The molecular formula is C24H29FN6O2. The van der Waals surface area contributed by atoms with Crippen molar-refractivity contribution >= 4 is 23.4 Å². The number of allylic oxidation sites excluding steroid dienone is 1. The molecule has 1 aromatic carbocycles. The van der Waals surface area contributed by atoms with E-state index in [9.17, 15) is 9.18 Å². The van der Waals surface area contributed by atoms with Crippen molar-refractivity contribution in [2.45, 2.75) is 31.4 Å². The summed E-state index contributed by atoms with van der Waals surface area (Å²) >= 11 is 0. The van der Waals surface area contributed by atoms with Crippen molar-refractivity contribution < 1.29 is 13.9 Å². The van der Waals surface area contributed by atoms with Gasteiger partial charge in [-0.15, -0.1) is 0 Å². The Bertz CT molecular complexity index is 1050. The summed E-state index contributed by atoms with van der Waals surface area (Å²) in [5, 5.41) is 6.22. The molecule has 3 aliphatic rings. The molecule has 174 valence electrons. The minimum absolute atomic E-state index is 0.0612. The van der Waals surface area contributed by atoms with Gasteiger partial charge in [0.05, 0.1) is 12.1 Å². The summed E-state index contributed by atoms with van der Waals surface area (Å²) in [6, 6.07) is 7.29. The Morgan fingerprint density at radius 3 is 2.79 bits per heavy atom. The lowest BCUT2D eigenvalue weighted by molar-refractivity contribution is -0.122. The number of anilines is 3. The highest BCUT2D eigenvalue weighted by molar-refractivity contribution is 5.79. The van der Waals surface area contributed by atoms with E-state index in [1.807, 2.05) is 30.3 Å². The number of piperidine rings is 1. The number of fused-ring (bicyclic) bond motifs is 2. The second-order valence-corrected chi connectivity index (χ2v) is 9.23. The lowest BCUT2D eigenvalue weighted by atomic mass is 9.88. The molecule has 1 aromatic heterocycles. The number of nitrogens with two attached hydrogens (primary N) is 1. The molecule has 9 heteroatoms. The molecule has 4 N–H and O–H groups in total. The number of nitrogens with zero attached hydrogens (tertiary/aromatic N) is 3. The van der Waals surface area contributed by atoms with Crippen LogP contribution in [0.2, 0.25) is 0 Å². The van der Waals surface area contributed by atoms with Crippen LogP contribution in [0.15, 0.2) is 42.6 Å². The van der Waals surface area contributed by atoms with Gasteiger partial charge in [0.25, 0.3) is 0 Å². The van der Waals surface area contributed by atoms with Crippen LogP contribution >= 0.6 is 0 Å². The molecular weight excluding hydrogens is 423 g/mol. The van der Waals surface area contributed by atoms with Gasteiger partial charge in [0, 0.05) is 18.3 Å². The molecule has 1 saturated heterocycles. The SMILES string of the molecule is CN1CCCC(Oc2ccc(Nc3ncc(F)c(NC4C5C=CC(C5)C4C(N)=O)n3)cc2)C1. The lowest BCUT2D eigenvalue weighted by Gasteiger charge is -2.30. The molecule has 5 unspecified atom stereocenters. The van der Waals surface area contributed by atoms with Gasteiger partial charge in [-0.1, -0.05) is 12.2 Å². The average Bonchev–Trinajstić information content (AvgIpc) is 3.39. The number of aromatic nitrogens is 2. The quantitative estimate of drug-likeness (QED) is 0.555. The van der Waals surface area contributed by atoms with Gasteiger partial charge in [-0.3, -0.25) is 4.79 Å². The number of likely N-dealkylation sites (tertiary alicyclic amines) is 1. The molecule has 2 fully saturated rings. The molecule has 2 heterocycles. The third kappa shape index (κ3) is 4.64. The average molecular weight is 453 g/mol. The van der Waals surface area contributed by atoms with E-state index >= 15 is 0 Å². The topological polar surface area (TPSA) is 105 Å². The first-order chi connectivity index (χ1) is 16.0. The third-order valence-corrected chi connectivity index (χ3v) is 6.83. The number of benzene rings is 1. The maximum Gasteiger partial charge on any atom is 0.229 e. The van der Waals surface area contributed by atoms with Crippen LogP contribution < -0.4 is 21.1 Å². The largest absolute Gasteiger partial charge is 0.489 e. The molecule has 33 heavy (non-hydrogen) atoms. The van der Waals surface area contributed by atoms with Gasteiger partial charge < -0.3 is 26.0 Å². The summed E-state index contributed by atoms with van der Waals surface area (Å²) < 4.78 is 20.6. The molecule has 8 nitrogen and oxygen atoms in total. The Kier molecular flexibility index (Phi) is 5.88. The molecule has 0 radical (unpaired) electrons. The van der Waals surface area contributed by atoms with Crippen LogP contribution in [0.1, 0.15) is 19.3 Å². The zero-order valence-corrected chi connectivity index (χ0v) is 18.6. The van der Waals surface area contributed by atoms with Gasteiger partial charge >= 0.3 is 0 Å². The standard InChI is InChI=1S/C24H29FN6O2/c1-31-10-2-3-18(13-31)33-17-8-6-16(7-9-17)28-24-27-12-19(25)23(30-24)29-21-15-5-4-14(11-15)20(21)22(26)32/h4-9,12,14-15,18,20-21H,2-3,10-11,13H2,1H3,(H2,26,32)(H2,27,28,29,30). The van der Waals surface area contributed by atoms with E-state index in [-0.39, 0.29) is 47.6 Å². The van der Waals surface area contributed by atoms with Crippen LogP contribution in [0.3, 0.4) is 0 Å². The molecule has 5 atom stereocenters. The van der Waals surface area contributed by atoms with Crippen LogP contribution in [-0.2, 0) is 4.79 Å². The van der Waals surface area contributed by atoms with Crippen molar-refractivity contribution in [3.8, 4) is 5.75 Å². The predicted octanol–water partition coefficient (Wildman–Crippen LogP) is 2.92. The summed E-state index contributed by atoms with van der Waals surface area (Å²) in [6.07, 6.45) is 8.44. The Balaban J connectivity index is 1.25. The highest BCUT2D eigenvalue weighted by atomic mass is 19.1. The Morgan fingerprint density at radius 2 is 2.03 bits per heavy atom. The number of carbonyl (C=O) groups is 1. The van der Waals surface area contributed by atoms with Gasteiger partial charge in [-0.2, -0.15) is 4.98 Å². The van der Waals surface area contributed by atoms with E-state index < -0.39 is 5.82 Å². The molecule has 1 aliphatic heterocycles.